The summed E-state index contributed by atoms with van der Waals surface area (Å²) in [5, 5.41) is 8.40. The third-order valence-electron chi connectivity index (χ3n) is 6.07. The molecule has 0 aliphatic heterocycles. The Balaban J connectivity index is 1.38. The minimum atomic E-state index is -0.0559. The van der Waals surface area contributed by atoms with E-state index in [4.69, 9.17) is 4.42 Å². The fraction of sp³-hybridized carbons (Fsp3) is 0.133. The molecule has 0 fully saturated rings. The van der Waals surface area contributed by atoms with Gasteiger partial charge in [-0.25, -0.2) is 0 Å². The van der Waals surface area contributed by atoms with Gasteiger partial charge >= 0.3 is 0 Å². The summed E-state index contributed by atoms with van der Waals surface area (Å²) in [6.07, 6.45) is 3.53. The van der Waals surface area contributed by atoms with Gasteiger partial charge in [-0.15, -0.1) is 10.2 Å². The first-order valence-corrected chi connectivity index (χ1v) is 11.8. The van der Waals surface area contributed by atoms with Gasteiger partial charge in [-0.2, -0.15) is 0 Å². The van der Waals surface area contributed by atoms with E-state index in [9.17, 15) is 4.79 Å². The number of rotatable bonds is 7. The molecule has 1 amide bonds. The maximum atomic E-state index is 13.6. The average molecular weight is 475 g/mol. The van der Waals surface area contributed by atoms with Gasteiger partial charge in [0, 0.05) is 42.2 Å². The summed E-state index contributed by atoms with van der Waals surface area (Å²) >= 11 is 0. The second kappa shape index (κ2) is 10.4. The Kier molecular flexibility index (Phi) is 6.67. The van der Waals surface area contributed by atoms with Crippen molar-refractivity contribution in [2.75, 3.05) is 0 Å². The van der Waals surface area contributed by atoms with Gasteiger partial charge in [0.05, 0.1) is 0 Å². The van der Waals surface area contributed by atoms with Gasteiger partial charge in [0.25, 0.3) is 5.91 Å². The molecule has 0 aliphatic carbocycles. The number of nitrogens with zero attached hydrogens (tertiary/aromatic N) is 4. The number of carbonyl (C=O) groups excluding carboxylic acids is 1. The number of carbonyl (C=O) groups is 1. The summed E-state index contributed by atoms with van der Waals surface area (Å²) in [4.78, 5) is 19.6. The first-order valence-electron chi connectivity index (χ1n) is 11.8. The molecule has 2 heterocycles. The Morgan fingerprint density at radius 3 is 2.31 bits per heavy atom. The molecule has 6 heteroatoms. The highest BCUT2D eigenvalue weighted by Gasteiger charge is 2.19. The zero-order chi connectivity index (χ0) is 24.9. The van der Waals surface area contributed by atoms with Gasteiger partial charge in [-0.05, 0) is 73.0 Å². The molecule has 0 atom stereocenters. The number of amides is 1. The van der Waals surface area contributed by atoms with E-state index in [0.717, 1.165) is 33.4 Å². The third kappa shape index (κ3) is 5.23. The van der Waals surface area contributed by atoms with Crippen molar-refractivity contribution >= 4 is 5.91 Å². The number of benzene rings is 3. The van der Waals surface area contributed by atoms with Gasteiger partial charge in [0.1, 0.15) is 0 Å². The van der Waals surface area contributed by atoms with E-state index in [1.54, 1.807) is 12.4 Å². The summed E-state index contributed by atoms with van der Waals surface area (Å²) < 4.78 is 5.91. The number of hydrogen-bond acceptors (Lipinski definition) is 5. The third-order valence-corrected chi connectivity index (χ3v) is 6.07. The van der Waals surface area contributed by atoms with Crippen molar-refractivity contribution in [2.45, 2.75) is 26.9 Å². The van der Waals surface area contributed by atoms with Gasteiger partial charge in [-0.3, -0.25) is 9.78 Å². The topological polar surface area (TPSA) is 72.1 Å². The van der Waals surface area contributed by atoms with Crippen LogP contribution in [0.15, 0.2) is 102 Å². The Bertz CT molecular complexity index is 1480. The molecule has 0 unspecified atom stereocenters. The molecule has 2 aromatic heterocycles. The Labute approximate surface area is 210 Å². The highest BCUT2D eigenvalue weighted by molar-refractivity contribution is 5.94. The van der Waals surface area contributed by atoms with Gasteiger partial charge in [0.2, 0.25) is 11.8 Å². The lowest BCUT2D eigenvalue weighted by molar-refractivity contribution is 0.0729. The van der Waals surface area contributed by atoms with Crippen molar-refractivity contribution < 1.29 is 9.21 Å². The molecule has 36 heavy (non-hydrogen) atoms. The molecule has 0 bridgehead atoms. The molecule has 0 spiro atoms. The van der Waals surface area contributed by atoms with E-state index in [1.165, 1.54) is 0 Å². The lowest BCUT2D eigenvalue weighted by Gasteiger charge is -2.24. The van der Waals surface area contributed by atoms with E-state index >= 15 is 0 Å². The summed E-state index contributed by atoms with van der Waals surface area (Å²) in [6.45, 7) is 5.05. The van der Waals surface area contributed by atoms with Crippen LogP contribution in [0.2, 0.25) is 0 Å². The van der Waals surface area contributed by atoms with E-state index in [2.05, 4.69) is 34.2 Å². The Morgan fingerprint density at radius 2 is 1.58 bits per heavy atom. The highest BCUT2D eigenvalue weighted by Crippen LogP contribution is 2.25. The number of pyridine rings is 1. The van der Waals surface area contributed by atoms with Crippen LogP contribution in [-0.4, -0.2) is 26.0 Å². The summed E-state index contributed by atoms with van der Waals surface area (Å²) in [7, 11) is 0. The largest absolute Gasteiger partial charge is 0.416 e. The normalized spacial score (nSPS) is 10.8. The Hall–Kier alpha value is -4.58. The minimum absolute atomic E-state index is 0.0559. The first kappa shape index (κ1) is 23.2. The van der Waals surface area contributed by atoms with E-state index in [1.807, 2.05) is 84.6 Å². The van der Waals surface area contributed by atoms with Crippen LogP contribution in [0.25, 0.3) is 22.9 Å². The number of hydrogen-bond donors (Lipinski definition) is 0. The maximum Gasteiger partial charge on any atom is 0.254 e. The lowest BCUT2D eigenvalue weighted by Crippen LogP contribution is -2.30. The lowest BCUT2D eigenvalue weighted by atomic mass is 10.1. The predicted octanol–water partition coefficient (Wildman–Crippen LogP) is 6.26. The van der Waals surface area contributed by atoms with Crippen LogP contribution in [-0.2, 0) is 13.1 Å². The van der Waals surface area contributed by atoms with E-state index in [0.29, 0.717) is 30.4 Å². The smallest absolute Gasteiger partial charge is 0.254 e. The molecule has 0 N–H and O–H groups in total. The molecule has 178 valence electrons. The summed E-state index contributed by atoms with van der Waals surface area (Å²) in [5.74, 6) is 0.826. The molecule has 5 rings (SSSR count). The fourth-order valence-electron chi connectivity index (χ4n) is 4.08. The second-order valence-electron chi connectivity index (χ2n) is 8.81. The van der Waals surface area contributed by atoms with Crippen molar-refractivity contribution in [1.29, 1.82) is 0 Å². The molecule has 0 saturated heterocycles. The van der Waals surface area contributed by atoms with Crippen LogP contribution in [0.4, 0.5) is 0 Å². The van der Waals surface area contributed by atoms with Crippen molar-refractivity contribution in [3.63, 3.8) is 0 Å². The van der Waals surface area contributed by atoms with Crippen LogP contribution >= 0.6 is 0 Å². The Morgan fingerprint density at radius 1 is 0.806 bits per heavy atom. The summed E-state index contributed by atoms with van der Waals surface area (Å²) in [5.41, 5.74) is 6.59. The van der Waals surface area contributed by atoms with E-state index < -0.39 is 0 Å². The van der Waals surface area contributed by atoms with Gasteiger partial charge < -0.3 is 9.32 Å². The quantitative estimate of drug-likeness (QED) is 0.278. The predicted molar refractivity (Wildman–Crippen MR) is 139 cm³/mol. The molecule has 0 radical (unpaired) electrons. The van der Waals surface area contributed by atoms with Gasteiger partial charge in [-0.1, -0.05) is 48.0 Å². The molecule has 0 aliphatic rings. The minimum Gasteiger partial charge on any atom is -0.416 e. The zero-order valence-corrected chi connectivity index (χ0v) is 20.3. The SMILES string of the molecule is Cc1cccc(-c2nnc(-c3ccc(C(=O)N(Cc4cccnc4)Cc4ccccc4C)cc3)o2)c1. The maximum absolute atomic E-state index is 13.6. The van der Waals surface area contributed by atoms with Crippen molar-refractivity contribution in [3.8, 4) is 22.9 Å². The molecule has 3 aromatic carbocycles. The van der Waals surface area contributed by atoms with Gasteiger partial charge in [0.15, 0.2) is 0 Å². The average Bonchev–Trinajstić information content (AvgIpc) is 3.40. The molecular weight excluding hydrogens is 448 g/mol. The van der Waals surface area contributed by atoms with Crippen LogP contribution in [0.3, 0.4) is 0 Å². The zero-order valence-electron chi connectivity index (χ0n) is 20.3. The van der Waals surface area contributed by atoms with E-state index in [-0.39, 0.29) is 5.91 Å². The molecule has 0 saturated carbocycles. The first-order chi connectivity index (χ1) is 17.6. The second-order valence-corrected chi connectivity index (χ2v) is 8.81. The van der Waals surface area contributed by atoms with Crippen LogP contribution in [0, 0.1) is 13.8 Å². The van der Waals surface area contributed by atoms with Crippen LogP contribution in [0.1, 0.15) is 32.6 Å². The molecular formula is C30H26N4O2. The van der Waals surface area contributed by atoms with Crippen molar-refractivity contribution in [2.24, 2.45) is 0 Å². The number of aromatic nitrogens is 3. The highest BCUT2D eigenvalue weighted by atomic mass is 16.4. The van der Waals surface area contributed by atoms with Crippen LogP contribution in [0.5, 0.6) is 0 Å². The standard InChI is InChI=1S/C30H26N4O2/c1-21-7-5-11-26(17-21)29-33-32-28(36-29)24-12-14-25(15-13-24)30(35)34(19-23-9-6-16-31-18-23)20-27-10-4-3-8-22(27)2/h3-18H,19-20H2,1-2H3. The van der Waals surface area contributed by atoms with Crippen molar-refractivity contribution in [3.05, 3.63) is 125 Å². The molecule has 5 aromatic rings. The summed E-state index contributed by atoms with van der Waals surface area (Å²) in [6, 6.07) is 27.2. The number of aryl methyl sites for hydroxylation is 2. The monoisotopic (exact) mass is 474 g/mol. The van der Waals surface area contributed by atoms with Crippen molar-refractivity contribution in [1.82, 2.24) is 20.1 Å². The molecule has 6 nitrogen and oxygen atoms in total. The fourth-order valence-corrected chi connectivity index (χ4v) is 4.08. The van der Waals surface area contributed by atoms with Crippen LogP contribution < -0.4 is 0 Å².